The average Bonchev–Trinajstić information content (AvgIpc) is 2.53. The number of carbonyl (C=O) groups excluding carboxylic acids is 1. The number of nitrogens with zero attached hydrogens (tertiary/aromatic N) is 3. The van der Waals surface area contributed by atoms with Gasteiger partial charge in [0.1, 0.15) is 5.82 Å². The van der Waals surface area contributed by atoms with Crippen molar-refractivity contribution in [1.82, 2.24) is 9.88 Å². The smallest absolute Gasteiger partial charge is 0.257 e. The molecule has 1 aromatic heterocycles. The maximum absolute atomic E-state index is 12.5. The van der Waals surface area contributed by atoms with Crippen LogP contribution in [-0.4, -0.2) is 66.9 Å². The molecule has 20 heavy (non-hydrogen) atoms. The van der Waals surface area contributed by atoms with Crippen LogP contribution < -0.4 is 4.90 Å². The minimum atomic E-state index is -0.0869. The first-order chi connectivity index (χ1) is 9.77. The van der Waals surface area contributed by atoms with Crippen LogP contribution in [0.3, 0.4) is 0 Å². The standard InChI is InChI=1S/C14H21N3O3/c1-2-16(6-9-18)14(19)12-4-3-5-15-13(12)17-7-10-20-11-8-17/h3-5,18H,2,6-11H2,1H3. The SMILES string of the molecule is CCN(CCO)C(=O)c1cccnc1N1CCOCC1. The summed E-state index contributed by atoms with van der Waals surface area (Å²) in [4.78, 5) is 20.6. The molecule has 1 aromatic rings. The van der Waals surface area contributed by atoms with Gasteiger partial charge in [0.2, 0.25) is 0 Å². The Morgan fingerprint density at radius 1 is 1.50 bits per heavy atom. The Bertz CT molecular complexity index is 447. The van der Waals surface area contributed by atoms with Crippen LogP contribution in [0.25, 0.3) is 0 Å². The van der Waals surface area contributed by atoms with Crippen molar-refractivity contribution in [2.45, 2.75) is 6.92 Å². The zero-order chi connectivity index (χ0) is 14.4. The Morgan fingerprint density at radius 3 is 2.90 bits per heavy atom. The molecule has 1 amide bonds. The van der Waals surface area contributed by atoms with Crippen LogP contribution in [-0.2, 0) is 4.74 Å². The highest BCUT2D eigenvalue weighted by Crippen LogP contribution is 2.20. The molecular weight excluding hydrogens is 258 g/mol. The second-order valence-electron chi connectivity index (χ2n) is 4.58. The number of rotatable bonds is 5. The van der Waals surface area contributed by atoms with E-state index in [1.807, 2.05) is 6.92 Å². The molecule has 0 spiro atoms. The van der Waals surface area contributed by atoms with E-state index in [2.05, 4.69) is 9.88 Å². The van der Waals surface area contributed by atoms with Gasteiger partial charge in [-0.15, -0.1) is 0 Å². The number of aliphatic hydroxyl groups is 1. The summed E-state index contributed by atoms with van der Waals surface area (Å²) in [7, 11) is 0. The lowest BCUT2D eigenvalue weighted by atomic mass is 10.2. The van der Waals surface area contributed by atoms with Gasteiger partial charge in [0.05, 0.1) is 25.4 Å². The molecule has 0 aromatic carbocycles. The highest BCUT2D eigenvalue weighted by Gasteiger charge is 2.22. The van der Waals surface area contributed by atoms with Gasteiger partial charge in [-0.1, -0.05) is 0 Å². The van der Waals surface area contributed by atoms with Crippen molar-refractivity contribution >= 4 is 11.7 Å². The molecule has 0 bridgehead atoms. The van der Waals surface area contributed by atoms with Crippen molar-refractivity contribution in [3.8, 4) is 0 Å². The van der Waals surface area contributed by atoms with E-state index in [9.17, 15) is 4.79 Å². The summed E-state index contributed by atoms with van der Waals surface area (Å²) in [5.41, 5.74) is 0.588. The Hall–Kier alpha value is -1.66. The first-order valence-corrected chi connectivity index (χ1v) is 6.95. The number of morpholine rings is 1. The van der Waals surface area contributed by atoms with Crippen LogP contribution in [0.2, 0.25) is 0 Å². The molecule has 1 fully saturated rings. The van der Waals surface area contributed by atoms with Gasteiger partial charge in [-0.05, 0) is 19.1 Å². The predicted molar refractivity (Wildman–Crippen MR) is 75.9 cm³/mol. The Morgan fingerprint density at radius 2 is 2.25 bits per heavy atom. The maximum atomic E-state index is 12.5. The van der Waals surface area contributed by atoms with Crippen molar-refractivity contribution < 1.29 is 14.6 Å². The molecule has 2 heterocycles. The van der Waals surface area contributed by atoms with E-state index < -0.39 is 0 Å². The van der Waals surface area contributed by atoms with Gasteiger partial charge in [0.25, 0.3) is 5.91 Å². The van der Waals surface area contributed by atoms with Crippen molar-refractivity contribution in [2.75, 3.05) is 50.9 Å². The van der Waals surface area contributed by atoms with E-state index in [1.165, 1.54) is 0 Å². The minimum Gasteiger partial charge on any atom is -0.395 e. The minimum absolute atomic E-state index is 0.0350. The van der Waals surface area contributed by atoms with Crippen LogP contribution >= 0.6 is 0 Å². The third kappa shape index (κ3) is 3.26. The fraction of sp³-hybridized carbons (Fsp3) is 0.571. The van der Waals surface area contributed by atoms with Crippen molar-refractivity contribution in [2.24, 2.45) is 0 Å². The molecule has 6 nitrogen and oxygen atoms in total. The van der Waals surface area contributed by atoms with Gasteiger partial charge in [-0.3, -0.25) is 4.79 Å². The normalized spacial score (nSPS) is 15.2. The number of aromatic nitrogens is 1. The lowest BCUT2D eigenvalue weighted by Crippen LogP contribution is -2.39. The first-order valence-electron chi connectivity index (χ1n) is 6.95. The number of anilines is 1. The van der Waals surface area contributed by atoms with Gasteiger partial charge < -0.3 is 19.6 Å². The fourth-order valence-electron chi connectivity index (χ4n) is 2.29. The zero-order valence-electron chi connectivity index (χ0n) is 11.8. The third-order valence-electron chi connectivity index (χ3n) is 3.37. The van der Waals surface area contributed by atoms with Crippen LogP contribution in [0.4, 0.5) is 5.82 Å². The lowest BCUT2D eigenvalue weighted by molar-refractivity contribution is 0.0731. The largest absolute Gasteiger partial charge is 0.395 e. The monoisotopic (exact) mass is 279 g/mol. The number of likely N-dealkylation sites (N-methyl/N-ethyl adjacent to an activating group) is 1. The van der Waals surface area contributed by atoms with Gasteiger partial charge in [-0.2, -0.15) is 0 Å². The highest BCUT2D eigenvalue weighted by atomic mass is 16.5. The summed E-state index contributed by atoms with van der Waals surface area (Å²) in [5, 5.41) is 9.05. The summed E-state index contributed by atoms with van der Waals surface area (Å²) < 4.78 is 5.33. The Balaban J connectivity index is 2.24. The van der Waals surface area contributed by atoms with Crippen LogP contribution in [0.5, 0.6) is 0 Å². The third-order valence-corrected chi connectivity index (χ3v) is 3.37. The quantitative estimate of drug-likeness (QED) is 0.843. The fourth-order valence-corrected chi connectivity index (χ4v) is 2.29. The van der Waals surface area contributed by atoms with Crippen molar-refractivity contribution in [3.05, 3.63) is 23.9 Å². The second-order valence-corrected chi connectivity index (χ2v) is 4.58. The molecule has 1 aliphatic rings. The summed E-state index contributed by atoms with van der Waals surface area (Å²) in [6.07, 6.45) is 1.70. The Kier molecular flexibility index (Phi) is 5.31. The zero-order valence-corrected chi connectivity index (χ0v) is 11.8. The molecule has 0 aliphatic carbocycles. The summed E-state index contributed by atoms with van der Waals surface area (Å²) in [5.74, 6) is 0.619. The number of hydrogen-bond donors (Lipinski definition) is 1. The van der Waals surface area contributed by atoms with Crippen LogP contribution in [0.15, 0.2) is 18.3 Å². The molecule has 1 saturated heterocycles. The maximum Gasteiger partial charge on any atom is 0.257 e. The molecule has 0 saturated carbocycles. The molecule has 0 unspecified atom stereocenters. The van der Waals surface area contributed by atoms with Crippen LogP contribution in [0.1, 0.15) is 17.3 Å². The van der Waals surface area contributed by atoms with E-state index in [0.717, 1.165) is 13.1 Å². The van der Waals surface area contributed by atoms with E-state index in [-0.39, 0.29) is 12.5 Å². The average molecular weight is 279 g/mol. The molecule has 110 valence electrons. The van der Waals surface area contributed by atoms with Crippen LogP contribution in [0, 0.1) is 0 Å². The van der Waals surface area contributed by atoms with Gasteiger partial charge in [0.15, 0.2) is 0 Å². The number of carbonyl (C=O) groups is 1. The number of aliphatic hydroxyl groups excluding tert-OH is 1. The van der Waals surface area contributed by atoms with Gasteiger partial charge in [0, 0.05) is 32.4 Å². The lowest BCUT2D eigenvalue weighted by Gasteiger charge is -2.30. The number of hydrogen-bond acceptors (Lipinski definition) is 5. The number of amides is 1. The number of ether oxygens (including phenoxy) is 1. The molecule has 1 N–H and O–H groups in total. The van der Waals surface area contributed by atoms with E-state index >= 15 is 0 Å². The Labute approximate surface area is 119 Å². The van der Waals surface area contributed by atoms with E-state index in [1.54, 1.807) is 23.2 Å². The molecule has 6 heteroatoms. The summed E-state index contributed by atoms with van der Waals surface area (Å²) in [6.45, 7) is 5.55. The van der Waals surface area contributed by atoms with Crippen molar-refractivity contribution in [3.63, 3.8) is 0 Å². The highest BCUT2D eigenvalue weighted by molar-refractivity contribution is 5.98. The predicted octanol–water partition coefficient (Wildman–Crippen LogP) is 0.373. The second kappa shape index (κ2) is 7.21. The van der Waals surface area contributed by atoms with Gasteiger partial charge in [-0.25, -0.2) is 4.98 Å². The topological polar surface area (TPSA) is 65.9 Å². The van der Waals surface area contributed by atoms with Crippen molar-refractivity contribution in [1.29, 1.82) is 0 Å². The van der Waals surface area contributed by atoms with Gasteiger partial charge >= 0.3 is 0 Å². The molecular formula is C14H21N3O3. The molecule has 2 rings (SSSR count). The summed E-state index contributed by atoms with van der Waals surface area (Å²) in [6, 6.07) is 3.56. The van der Waals surface area contributed by atoms with E-state index in [0.29, 0.717) is 37.7 Å². The molecule has 0 atom stereocenters. The summed E-state index contributed by atoms with van der Waals surface area (Å²) >= 11 is 0. The number of pyridine rings is 1. The van der Waals surface area contributed by atoms with E-state index in [4.69, 9.17) is 9.84 Å². The molecule has 1 aliphatic heterocycles. The first kappa shape index (κ1) is 14.7. The molecule has 0 radical (unpaired) electrons.